The van der Waals surface area contributed by atoms with Gasteiger partial charge in [0.25, 0.3) is 0 Å². The van der Waals surface area contributed by atoms with E-state index in [0.717, 1.165) is 44.9 Å². The first-order valence-corrected chi connectivity index (χ1v) is 9.53. The van der Waals surface area contributed by atoms with Crippen molar-refractivity contribution in [3.8, 4) is 0 Å². The zero-order valence-electron chi connectivity index (χ0n) is 16.7. The van der Waals surface area contributed by atoms with E-state index in [0.29, 0.717) is 12.0 Å². The van der Waals surface area contributed by atoms with Crippen LogP contribution in [0.1, 0.15) is 40.0 Å². The maximum atomic E-state index is 9.19. The number of aliphatic hydroxyl groups excluding tert-OH is 1. The number of hydrogen-bond acceptors (Lipinski definition) is 3. The van der Waals surface area contributed by atoms with Gasteiger partial charge in [0, 0.05) is 45.0 Å². The van der Waals surface area contributed by atoms with E-state index < -0.39 is 0 Å². The summed E-state index contributed by atoms with van der Waals surface area (Å²) in [6, 6.07) is 10.8. The number of halogens is 1. The van der Waals surface area contributed by atoms with E-state index in [9.17, 15) is 5.11 Å². The average Bonchev–Trinajstić information content (AvgIpc) is 2.64. The summed E-state index contributed by atoms with van der Waals surface area (Å²) in [4.78, 5) is 6.99. The standard InChI is InChI=1S/C20H36N4O.HI/c1-5-10-18(13-14-25)16-23-20(21-6-2)22-15-17(3)24(4)19-11-8-7-9-12-19;/h7-9,11-12,17-18,25H,5-6,10,13-16H2,1-4H3,(H2,21,22,23);1H. The highest BCUT2D eigenvalue weighted by Crippen LogP contribution is 2.13. The smallest absolute Gasteiger partial charge is 0.191 e. The number of para-hydroxylation sites is 1. The number of nitrogens with zero attached hydrogens (tertiary/aromatic N) is 2. The maximum Gasteiger partial charge on any atom is 0.191 e. The Morgan fingerprint density at radius 2 is 1.85 bits per heavy atom. The van der Waals surface area contributed by atoms with Crippen LogP contribution in [0.2, 0.25) is 0 Å². The normalized spacial score (nSPS) is 13.5. The summed E-state index contributed by atoms with van der Waals surface area (Å²) < 4.78 is 0. The van der Waals surface area contributed by atoms with Gasteiger partial charge in [0.05, 0.1) is 0 Å². The van der Waals surface area contributed by atoms with Crippen molar-refractivity contribution in [2.24, 2.45) is 10.9 Å². The van der Waals surface area contributed by atoms with E-state index in [1.54, 1.807) is 0 Å². The van der Waals surface area contributed by atoms with Gasteiger partial charge in [-0.3, -0.25) is 4.99 Å². The molecule has 1 rings (SSSR count). The number of likely N-dealkylation sites (N-methyl/N-ethyl adjacent to an activating group) is 1. The molecule has 0 spiro atoms. The second kappa shape index (κ2) is 15.1. The van der Waals surface area contributed by atoms with Gasteiger partial charge in [-0.05, 0) is 44.7 Å². The summed E-state index contributed by atoms with van der Waals surface area (Å²) in [7, 11) is 2.12. The Bertz CT molecular complexity index is 478. The lowest BCUT2D eigenvalue weighted by atomic mass is 10.0. The number of aliphatic imine (C=N–C) groups is 1. The topological polar surface area (TPSA) is 59.9 Å². The monoisotopic (exact) mass is 476 g/mol. The summed E-state index contributed by atoms with van der Waals surface area (Å²) in [5.74, 6) is 1.31. The molecule has 150 valence electrons. The van der Waals surface area contributed by atoms with Gasteiger partial charge >= 0.3 is 0 Å². The Labute approximate surface area is 176 Å². The molecule has 2 unspecified atom stereocenters. The zero-order valence-corrected chi connectivity index (χ0v) is 19.1. The molecular formula is C20H37IN4O. The van der Waals surface area contributed by atoms with Crippen LogP contribution in [0.5, 0.6) is 0 Å². The van der Waals surface area contributed by atoms with Crippen LogP contribution in [0.4, 0.5) is 5.69 Å². The summed E-state index contributed by atoms with van der Waals surface area (Å²) >= 11 is 0. The van der Waals surface area contributed by atoms with Crippen LogP contribution in [0.15, 0.2) is 35.3 Å². The first-order chi connectivity index (χ1) is 12.1. The van der Waals surface area contributed by atoms with E-state index in [4.69, 9.17) is 4.99 Å². The van der Waals surface area contributed by atoms with Crippen LogP contribution in [0.3, 0.4) is 0 Å². The predicted molar refractivity (Wildman–Crippen MR) is 124 cm³/mol. The molecule has 0 amide bonds. The molecule has 0 saturated carbocycles. The lowest BCUT2D eigenvalue weighted by Gasteiger charge is -2.28. The molecule has 0 aliphatic heterocycles. The van der Waals surface area contributed by atoms with Crippen molar-refractivity contribution in [1.82, 2.24) is 10.6 Å². The van der Waals surface area contributed by atoms with Gasteiger partial charge in [-0.1, -0.05) is 31.5 Å². The predicted octanol–water partition coefficient (Wildman–Crippen LogP) is 3.48. The summed E-state index contributed by atoms with van der Waals surface area (Å²) in [6.07, 6.45) is 3.06. The number of guanidine groups is 1. The van der Waals surface area contributed by atoms with Crippen LogP contribution in [0, 0.1) is 5.92 Å². The van der Waals surface area contributed by atoms with Crippen molar-refractivity contribution >= 4 is 35.6 Å². The highest BCUT2D eigenvalue weighted by molar-refractivity contribution is 14.0. The van der Waals surface area contributed by atoms with Crippen LogP contribution in [-0.2, 0) is 0 Å². The third-order valence-electron chi connectivity index (χ3n) is 4.48. The number of hydrogen-bond donors (Lipinski definition) is 3. The number of rotatable bonds is 11. The van der Waals surface area contributed by atoms with Gasteiger partial charge in [0.2, 0.25) is 0 Å². The molecular weight excluding hydrogens is 439 g/mol. The second-order valence-corrected chi connectivity index (χ2v) is 6.56. The van der Waals surface area contributed by atoms with Gasteiger partial charge in [-0.15, -0.1) is 24.0 Å². The van der Waals surface area contributed by atoms with E-state index in [2.05, 4.69) is 67.6 Å². The van der Waals surface area contributed by atoms with Gasteiger partial charge in [0.15, 0.2) is 5.96 Å². The third kappa shape index (κ3) is 9.62. The molecule has 0 heterocycles. The van der Waals surface area contributed by atoms with Gasteiger partial charge < -0.3 is 20.6 Å². The van der Waals surface area contributed by atoms with Crippen LogP contribution >= 0.6 is 24.0 Å². The number of anilines is 1. The summed E-state index contributed by atoms with van der Waals surface area (Å²) in [5, 5.41) is 16.0. The Morgan fingerprint density at radius 3 is 2.42 bits per heavy atom. The molecule has 0 fully saturated rings. The van der Waals surface area contributed by atoms with E-state index in [1.165, 1.54) is 5.69 Å². The highest BCUT2D eigenvalue weighted by Gasteiger charge is 2.11. The van der Waals surface area contributed by atoms with Gasteiger partial charge in [-0.2, -0.15) is 0 Å². The molecule has 3 N–H and O–H groups in total. The number of nitrogens with one attached hydrogen (secondary N) is 2. The Balaban J connectivity index is 0.00000625. The average molecular weight is 476 g/mol. The fourth-order valence-corrected chi connectivity index (χ4v) is 2.78. The van der Waals surface area contributed by atoms with Crippen molar-refractivity contribution in [1.29, 1.82) is 0 Å². The fraction of sp³-hybridized carbons (Fsp3) is 0.650. The molecule has 0 radical (unpaired) electrons. The molecule has 1 aromatic carbocycles. The van der Waals surface area contributed by atoms with E-state index >= 15 is 0 Å². The molecule has 0 aliphatic carbocycles. The van der Waals surface area contributed by atoms with Crippen molar-refractivity contribution in [3.63, 3.8) is 0 Å². The van der Waals surface area contributed by atoms with E-state index in [1.807, 2.05) is 6.07 Å². The lowest BCUT2D eigenvalue weighted by Crippen LogP contribution is -2.45. The highest BCUT2D eigenvalue weighted by atomic mass is 127. The summed E-state index contributed by atoms with van der Waals surface area (Å²) in [5.41, 5.74) is 1.21. The molecule has 1 aromatic rings. The van der Waals surface area contributed by atoms with E-state index in [-0.39, 0.29) is 30.6 Å². The second-order valence-electron chi connectivity index (χ2n) is 6.56. The van der Waals surface area contributed by atoms with Crippen molar-refractivity contribution in [2.45, 2.75) is 46.1 Å². The zero-order chi connectivity index (χ0) is 18.5. The molecule has 0 aliphatic rings. The molecule has 26 heavy (non-hydrogen) atoms. The van der Waals surface area contributed by atoms with Crippen molar-refractivity contribution in [3.05, 3.63) is 30.3 Å². The van der Waals surface area contributed by atoms with Crippen molar-refractivity contribution in [2.75, 3.05) is 38.2 Å². The number of aliphatic hydroxyl groups is 1. The van der Waals surface area contributed by atoms with Crippen LogP contribution in [-0.4, -0.2) is 50.4 Å². The molecule has 0 saturated heterocycles. The first kappa shape index (κ1) is 25.0. The summed E-state index contributed by atoms with van der Waals surface area (Å²) in [6.45, 7) is 9.11. The number of benzene rings is 1. The minimum atomic E-state index is 0. The Hall–Kier alpha value is -1.02. The Morgan fingerprint density at radius 1 is 1.15 bits per heavy atom. The quantitative estimate of drug-likeness (QED) is 0.260. The lowest BCUT2D eigenvalue weighted by molar-refractivity contribution is 0.253. The SMILES string of the molecule is CCCC(CCO)CN=C(NCC)NCC(C)N(C)c1ccccc1.I. The van der Waals surface area contributed by atoms with Gasteiger partial charge in [0.1, 0.15) is 0 Å². The molecule has 6 heteroatoms. The van der Waals surface area contributed by atoms with Crippen LogP contribution in [0.25, 0.3) is 0 Å². The minimum Gasteiger partial charge on any atom is -0.396 e. The van der Waals surface area contributed by atoms with Crippen molar-refractivity contribution < 1.29 is 5.11 Å². The van der Waals surface area contributed by atoms with Gasteiger partial charge in [-0.25, -0.2) is 0 Å². The maximum absolute atomic E-state index is 9.19. The third-order valence-corrected chi connectivity index (χ3v) is 4.48. The molecule has 5 nitrogen and oxygen atoms in total. The van der Waals surface area contributed by atoms with Crippen LogP contribution < -0.4 is 15.5 Å². The minimum absolute atomic E-state index is 0. The molecule has 2 atom stereocenters. The fourth-order valence-electron chi connectivity index (χ4n) is 2.78. The molecule has 0 aromatic heterocycles. The largest absolute Gasteiger partial charge is 0.396 e. The molecule has 0 bridgehead atoms. The first-order valence-electron chi connectivity index (χ1n) is 9.53. The Kier molecular flexibility index (Phi) is 14.5.